The van der Waals surface area contributed by atoms with E-state index in [0.717, 1.165) is 28.3 Å². The van der Waals surface area contributed by atoms with Crippen LogP contribution in [0.2, 0.25) is 0 Å². The van der Waals surface area contributed by atoms with Gasteiger partial charge in [0.1, 0.15) is 0 Å². The van der Waals surface area contributed by atoms with Gasteiger partial charge < -0.3 is 4.98 Å². The quantitative estimate of drug-likeness (QED) is 0.296. The monoisotopic (exact) mass is 468 g/mol. The molecule has 0 aliphatic carbocycles. The molecule has 3 rings (SSSR count). The number of aromatic nitrogens is 1. The molecule has 0 N–H and O–H groups in total. The van der Waals surface area contributed by atoms with E-state index in [9.17, 15) is 0 Å². The van der Waals surface area contributed by atoms with Crippen LogP contribution in [0.15, 0.2) is 70.6 Å². The van der Waals surface area contributed by atoms with Gasteiger partial charge in [0.05, 0.1) is 11.4 Å². The normalized spacial score (nSPS) is 11.7. The van der Waals surface area contributed by atoms with E-state index >= 15 is 0 Å². The topological polar surface area (TPSA) is 38.8 Å². The SMILES string of the molecule is Cc1ccccc1N=Cc1ccc(C=Nc2ccccc2C(C)(C)C)[n-]1.[Cl][Fe+][Cl]. The standard InChI is InChI=1S/C23H24N3.2ClH.Fe/c1-17-9-5-7-11-21(17)24-15-18-13-14-19(26-18)16-25-22-12-8-6-10-20(22)23(2,3)4;;;/h5-16H,1-4H3;2*1H;/q-1;;;+3/p-2. The Morgan fingerprint density at radius 1 is 0.793 bits per heavy atom. The van der Waals surface area contributed by atoms with Gasteiger partial charge in [0.2, 0.25) is 0 Å². The average molecular weight is 469 g/mol. The van der Waals surface area contributed by atoms with Crippen molar-refractivity contribution in [1.82, 2.24) is 4.98 Å². The van der Waals surface area contributed by atoms with E-state index in [0.29, 0.717) is 0 Å². The van der Waals surface area contributed by atoms with E-state index in [4.69, 9.17) is 20.2 Å². The van der Waals surface area contributed by atoms with E-state index in [-0.39, 0.29) is 18.5 Å². The van der Waals surface area contributed by atoms with Gasteiger partial charge in [0.15, 0.2) is 0 Å². The van der Waals surface area contributed by atoms with Gasteiger partial charge >= 0.3 is 33.3 Å². The molecule has 2 aromatic carbocycles. The summed E-state index contributed by atoms with van der Waals surface area (Å²) >= 11 is 0.194. The zero-order valence-electron chi connectivity index (χ0n) is 16.9. The van der Waals surface area contributed by atoms with E-state index in [1.165, 1.54) is 5.56 Å². The summed E-state index contributed by atoms with van der Waals surface area (Å²) in [7, 11) is 9.53. The number of halogens is 2. The Morgan fingerprint density at radius 3 is 1.83 bits per heavy atom. The molecule has 0 spiro atoms. The van der Waals surface area contributed by atoms with Crippen molar-refractivity contribution in [2.75, 3.05) is 0 Å². The summed E-state index contributed by atoms with van der Waals surface area (Å²) in [6, 6.07) is 20.2. The summed E-state index contributed by atoms with van der Waals surface area (Å²) in [4.78, 5) is 13.7. The fourth-order valence-electron chi connectivity index (χ4n) is 2.74. The summed E-state index contributed by atoms with van der Waals surface area (Å²) in [5.41, 5.74) is 6.04. The first kappa shape index (κ1) is 23.4. The predicted octanol–water partition coefficient (Wildman–Crippen LogP) is 7.13. The van der Waals surface area contributed by atoms with Crippen LogP contribution in [0.3, 0.4) is 0 Å². The van der Waals surface area contributed by atoms with Crippen LogP contribution in [0.1, 0.15) is 43.3 Å². The number of benzene rings is 2. The van der Waals surface area contributed by atoms with Crippen LogP contribution in [0, 0.1) is 6.92 Å². The molecule has 1 aromatic heterocycles. The molecular weight excluding hydrogens is 445 g/mol. The van der Waals surface area contributed by atoms with Crippen LogP contribution < -0.4 is 4.98 Å². The second-order valence-corrected chi connectivity index (χ2v) is 9.24. The second kappa shape index (κ2) is 11.4. The molecule has 29 heavy (non-hydrogen) atoms. The molecule has 153 valence electrons. The predicted molar refractivity (Wildman–Crippen MR) is 122 cm³/mol. The van der Waals surface area contributed by atoms with Gasteiger partial charge in [-0.1, -0.05) is 69.3 Å². The van der Waals surface area contributed by atoms with Crippen molar-refractivity contribution < 1.29 is 13.1 Å². The first-order chi connectivity index (χ1) is 13.8. The Morgan fingerprint density at radius 2 is 1.28 bits per heavy atom. The van der Waals surface area contributed by atoms with Crippen molar-refractivity contribution >= 4 is 44.0 Å². The van der Waals surface area contributed by atoms with E-state index in [2.05, 4.69) is 60.9 Å². The van der Waals surface area contributed by atoms with Gasteiger partial charge in [-0.05, 0) is 35.6 Å². The molecule has 0 unspecified atom stereocenters. The van der Waals surface area contributed by atoms with Crippen molar-refractivity contribution in [1.29, 1.82) is 0 Å². The van der Waals surface area contributed by atoms with Gasteiger partial charge in [-0.3, -0.25) is 9.98 Å². The minimum absolute atomic E-state index is 0.0543. The molecule has 3 aromatic rings. The molecule has 0 fully saturated rings. The molecule has 0 radical (unpaired) electrons. The molecule has 0 aliphatic heterocycles. The fraction of sp³-hybridized carbons (Fsp3) is 0.217. The molecule has 0 atom stereocenters. The van der Waals surface area contributed by atoms with Crippen LogP contribution in [-0.4, -0.2) is 12.4 Å². The maximum absolute atomic E-state index is 4.76. The number of nitrogens with zero attached hydrogens (tertiary/aromatic N) is 3. The number of aryl methyl sites for hydroxylation is 1. The van der Waals surface area contributed by atoms with Crippen molar-refractivity contribution in [3.05, 3.63) is 83.2 Å². The van der Waals surface area contributed by atoms with Crippen LogP contribution >= 0.6 is 20.2 Å². The number of hydrogen-bond donors (Lipinski definition) is 0. The van der Waals surface area contributed by atoms with Crippen molar-refractivity contribution in [2.24, 2.45) is 9.98 Å². The number of hydrogen-bond acceptors (Lipinski definition) is 2. The van der Waals surface area contributed by atoms with Crippen molar-refractivity contribution in [3.8, 4) is 0 Å². The van der Waals surface area contributed by atoms with Gasteiger partial charge in [-0.15, -0.1) is 11.4 Å². The molecule has 0 bridgehead atoms. The third-order valence-electron chi connectivity index (χ3n) is 4.18. The number of aliphatic imine (C=N–C) groups is 2. The summed E-state index contributed by atoms with van der Waals surface area (Å²) < 4.78 is 0. The molecule has 3 nitrogen and oxygen atoms in total. The molecule has 0 aliphatic rings. The Hall–Kier alpha value is -1.84. The van der Waals surface area contributed by atoms with Crippen molar-refractivity contribution in [2.45, 2.75) is 33.1 Å². The maximum atomic E-state index is 4.76. The Balaban J connectivity index is 0.000000941. The average Bonchev–Trinajstić information content (AvgIpc) is 3.14. The van der Waals surface area contributed by atoms with E-state index in [1.807, 2.05) is 48.7 Å². The Labute approximate surface area is 187 Å². The van der Waals surface area contributed by atoms with Gasteiger partial charge in [-0.2, -0.15) is 0 Å². The van der Waals surface area contributed by atoms with Crippen LogP contribution in [0.5, 0.6) is 0 Å². The van der Waals surface area contributed by atoms with Gasteiger partial charge in [0.25, 0.3) is 0 Å². The van der Waals surface area contributed by atoms with Crippen LogP contribution in [0.4, 0.5) is 11.4 Å². The summed E-state index contributed by atoms with van der Waals surface area (Å²) in [5, 5.41) is 0. The third-order valence-corrected chi connectivity index (χ3v) is 4.18. The van der Waals surface area contributed by atoms with E-state index < -0.39 is 0 Å². The first-order valence-corrected chi connectivity index (χ1v) is 12.1. The summed E-state index contributed by atoms with van der Waals surface area (Å²) in [6.45, 7) is 8.64. The van der Waals surface area contributed by atoms with E-state index in [1.54, 1.807) is 6.21 Å². The molecule has 6 heteroatoms. The third kappa shape index (κ3) is 7.49. The first-order valence-electron chi connectivity index (χ1n) is 9.07. The van der Waals surface area contributed by atoms with Gasteiger partial charge in [0, 0.05) is 12.4 Å². The molecule has 1 heterocycles. The van der Waals surface area contributed by atoms with Gasteiger partial charge in [-0.25, -0.2) is 0 Å². The molecule has 0 amide bonds. The summed E-state index contributed by atoms with van der Waals surface area (Å²) in [6.07, 6.45) is 3.61. The Kier molecular flexibility index (Phi) is 9.19. The second-order valence-electron chi connectivity index (χ2n) is 7.42. The molecule has 0 saturated carbocycles. The fourth-order valence-corrected chi connectivity index (χ4v) is 2.74. The number of para-hydroxylation sites is 2. The number of rotatable bonds is 4. The van der Waals surface area contributed by atoms with Crippen LogP contribution in [-0.2, 0) is 18.5 Å². The minimum atomic E-state index is 0.0543. The zero-order chi connectivity index (χ0) is 21.3. The Bertz CT molecular complexity index is 972. The van der Waals surface area contributed by atoms with Crippen molar-refractivity contribution in [3.63, 3.8) is 0 Å². The van der Waals surface area contributed by atoms with Crippen LogP contribution in [0.25, 0.3) is 0 Å². The summed E-state index contributed by atoms with van der Waals surface area (Å²) in [5.74, 6) is 0. The zero-order valence-corrected chi connectivity index (χ0v) is 19.5. The molecular formula is C23H24Cl2FeN3. The molecule has 0 saturated heterocycles.